The van der Waals surface area contributed by atoms with Crippen molar-refractivity contribution in [1.82, 2.24) is 10.6 Å². The molecule has 1 aromatic carbocycles. The minimum absolute atomic E-state index is 0.110. The first-order chi connectivity index (χ1) is 7.59. The Labute approximate surface area is 96.2 Å². The van der Waals surface area contributed by atoms with Crippen LogP contribution in [0.15, 0.2) is 24.3 Å². The third-order valence-corrected chi connectivity index (χ3v) is 3.22. The molecule has 0 atom stereocenters. The predicted molar refractivity (Wildman–Crippen MR) is 64.1 cm³/mol. The number of hydrogen-bond acceptors (Lipinski definition) is 2. The first-order valence-corrected chi connectivity index (χ1v) is 5.79. The lowest BCUT2D eigenvalue weighted by atomic mass is 9.84. The van der Waals surface area contributed by atoms with E-state index in [4.69, 9.17) is 0 Å². The summed E-state index contributed by atoms with van der Waals surface area (Å²) in [6, 6.07) is 7.58. The van der Waals surface area contributed by atoms with Gasteiger partial charge in [0.15, 0.2) is 0 Å². The molecule has 3 heteroatoms. The molecule has 2 nitrogen and oxygen atoms in total. The highest BCUT2D eigenvalue weighted by atomic mass is 19.1. The van der Waals surface area contributed by atoms with Gasteiger partial charge in [-0.05, 0) is 11.6 Å². The van der Waals surface area contributed by atoms with E-state index in [0.717, 1.165) is 25.2 Å². The Bertz CT molecular complexity index is 359. The number of nitrogens with one attached hydrogen (secondary N) is 2. The molecule has 1 saturated heterocycles. The summed E-state index contributed by atoms with van der Waals surface area (Å²) in [5.74, 6) is -0.110. The Morgan fingerprint density at radius 3 is 2.62 bits per heavy atom. The van der Waals surface area contributed by atoms with Crippen LogP contribution < -0.4 is 10.6 Å². The lowest BCUT2D eigenvalue weighted by Crippen LogP contribution is -2.57. The molecule has 2 N–H and O–H groups in total. The molecule has 1 aromatic rings. The van der Waals surface area contributed by atoms with E-state index < -0.39 is 0 Å². The molecule has 16 heavy (non-hydrogen) atoms. The smallest absolute Gasteiger partial charge is 0.126 e. The fourth-order valence-electron chi connectivity index (χ4n) is 1.94. The Morgan fingerprint density at radius 2 is 2.06 bits per heavy atom. The molecule has 2 rings (SSSR count). The summed E-state index contributed by atoms with van der Waals surface area (Å²) >= 11 is 0. The van der Waals surface area contributed by atoms with Crippen molar-refractivity contribution >= 4 is 0 Å². The average Bonchev–Trinajstić information content (AvgIpc) is 2.15. The summed E-state index contributed by atoms with van der Waals surface area (Å²) in [6.45, 7) is 7.00. The van der Waals surface area contributed by atoms with Crippen molar-refractivity contribution in [3.05, 3.63) is 35.6 Å². The van der Waals surface area contributed by atoms with Gasteiger partial charge in [-0.3, -0.25) is 0 Å². The zero-order chi connectivity index (χ0) is 11.6. The number of hydrogen-bond donors (Lipinski definition) is 2. The van der Waals surface area contributed by atoms with E-state index in [0.29, 0.717) is 6.04 Å². The van der Waals surface area contributed by atoms with Crippen molar-refractivity contribution in [3.8, 4) is 0 Å². The Hall–Kier alpha value is -0.930. The molecule has 88 valence electrons. The minimum atomic E-state index is -0.166. The van der Waals surface area contributed by atoms with Gasteiger partial charge in [-0.15, -0.1) is 0 Å². The second-order valence-corrected chi connectivity index (χ2v) is 5.10. The van der Waals surface area contributed by atoms with Gasteiger partial charge >= 0.3 is 0 Å². The largest absolute Gasteiger partial charge is 0.314 e. The van der Waals surface area contributed by atoms with E-state index in [-0.39, 0.29) is 11.2 Å². The summed E-state index contributed by atoms with van der Waals surface area (Å²) in [6.07, 6.45) is 0. The number of halogens is 1. The van der Waals surface area contributed by atoms with Gasteiger partial charge in [0.1, 0.15) is 5.82 Å². The topological polar surface area (TPSA) is 24.1 Å². The quantitative estimate of drug-likeness (QED) is 0.809. The van der Waals surface area contributed by atoms with E-state index in [1.165, 1.54) is 6.07 Å². The maximum absolute atomic E-state index is 13.7. The van der Waals surface area contributed by atoms with Gasteiger partial charge in [-0.25, -0.2) is 4.39 Å². The molecule has 0 amide bonds. The highest BCUT2D eigenvalue weighted by Gasteiger charge is 2.26. The molecule has 1 aliphatic rings. The van der Waals surface area contributed by atoms with Gasteiger partial charge < -0.3 is 10.6 Å². The molecule has 0 aliphatic carbocycles. The van der Waals surface area contributed by atoms with Gasteiger partial charge in [0.2, 0.25) is 0 Å². The molecule has 1 fully saturated rings. The van der Waals surface area contributed by atoms with E-state index in [1.54, 1.807) is 6.07 Å². The van der Waals surface area contributed by atoms with Gasteiger partial charge in [0.25, 0.3) is 0 Å². The zero-order valence-electron chi connectivity index (χ0n) is 9.89. The molecule has 0 spiro atoms. The molecular weight excluding hydrogens is 203 g/mol. The lowest BCUT2D eigenvalue weighted by molar-refractivity contribution is 0.330. The third-order valence-electron chi connectivity index (χ3n) is 3.22. The van der Waals surface area contributed by atoms with Gasteiger partial charge in [0, 0.05) is 31.1 Å². The highest BCUT2D eigenvalue weighted by Crippen LogP contribution is 2.24. The maximum atomic E-state index is 13.7. The van der Waals surface area contributed by atoms with E-state index >= 15 is 0 Å². The normalized spacial score (nSPS) is 17.2. The van der Waals surface area contributed by atoms with Crippen LogP contribution in [0.4, 0.5) is 4.39 Å². The molecule has 0 aromatic heterocycles. The fraction of sp³-hybridized carbons (Fsp3) is 0.538. The van der Waals surface area contributed by atoms with E-state index in [2.05, 4.69) is 24.5 Å². The number of rotatable bonds is 4. The first-order valence-electron chi connectivity index (χ1n) is 5.79. The maximum Gasteiger partial charge on any atom is 0.126 e. The van der Waals surface area contributed by atoms with Crippen LogP contribution in [0.2, 0.25) is 0 Å². The van der Waals surface area contributed by atoms with E-state index in [1.807, 2.05) is 12.1 Å². The van der Waals surface area contributed by atoms with Crippen LogP contribution in [-0.2, 0) is 5.41 Å². The monoisotopic (exact) mass is 222 g/mol. The standard InChI is InChI=1S/C13H19FN2/c1-13(2,9-16-10-7-15-8-10)11-5-3-4-6-12(11)14/h3-6,10,15-16H,7-9H2,1-2H3. The third kappa shape index (κ3) is 2.42. The van der Waals surface area contributed by atoms with Crippen molar-refractivity contribution in [3.63, 3.8) is 0 Å². The van der Waals surface area contributed by atoms with Crippen molar-refractivity contribution < 1.29 is 4.39 Å². The SMILES string of the molecule is CC(C)(CNC1CNC1)c1ccccc1F. The highest BCUT2D eigenvalue weighted by molar-refractivity contribution is 5.26. The van der Waals surface area contributed by atoms with Crippen LogP contribution >= 0.6 is 0 Å². The molecule has 0 unspecified atom stereocenters. The van der Waals surface area contributed by atoms with Crippen molar-refractivity contribution in [2.24, 2.45) is 0 Å². The van der Waals surface area contributed by atoms with Crippen LogP contribution in [-0.4, -0.2) is 25.7 Å². The van der Waals surface area contributed by atoms with Crippen LogP contribution in [0.5, 0.6) is 0 Å². The Morgan fingerprint density at radius 1 is 1.38 bits per heavy atom. The molecule has 1 heterocycles. The van der Waals surface area contributed by atoms with Crippen LogP contribution in [0.25, 0.3) is 0 Å². The number of benzene rings is 1. The van der Waals surface area contributed by atoms with Crippen molar-refractivity contribution in [2.45, 2.75) is 25.3 Å². The molecule has 0 saturated carbocycles. The van der Waals surface area contributed by atoms with Crippen molar-refractivity contribution in [2.75, 3.05) is 19.6 Å². The van der Waals surface area contributed by atoms with Gasteiger partial charge in [-0.1, -0.05) is 32.0 Å². The second-order valence-electron chi connectivity index (χ2n) is 5.10. The molecule has 0 bridgehead atoms. The van der Waals surface area contributed by atoms with Crippen LogP contribution in [0.1, 0.15) is 19.4 Å². The molecule has 0 radical (unpaired) electrons. The summed E-state index contributed by atoms with van der Waals surface area (Å²) in [4.78, 5) is 0. The predicted octanol–water partition coefficient (Wildman–Crippen LogP) is 1.66. The Kier molecular flexibility index (Phi) is 3.26. The summed E-state index contributed by atoms with van der Waals surface area (Å²) in [7, 11) is 0. The summed E-state index contributed by atoms with van der Waals surface area (Å²) in [5.41, 5.74) is 0.621. The second kappa shape index (κ2) is 4.52. The van der Waals surface area contributed by atoms with Crippen LogP contribution in [0.3, 0.4) is 0 Å². The lowest BCUT2D eigenvalue weighted by Gasteiger charge is -2.33. The minimum Gasteiger partial charge on any atom is -0.314 e. The van der Waals surface area contributed by atoms with Gasteiger partial charge in [0.05, 0.1) is 0 Å². The fourth-order valence-corrected chi connectivity index (χ4v) is 1.94. The summed E-state index contributed by atoms with van der Waals surface area (Å²) < 4.78 is 13.7. The summed E-state index contributed by atoms with van der Waals surface area (Å²) in [5, 5.41) is 6.67. The van der Waals surface area contributed by atoms with Crippen LogP contribution in [0, 0.1) is 5.82 Å². The average molecular weight is 222 g/mol. The zero-order valence-corrected chi connectivity index (χ0v) is 9.89. The molecular formula is C13H19FN2. The molecule has 1 aliphatic heterocycles. The van der Waals surface area contributed by atoms with E-state index in [9.17, 15) is 4.39 Å². The van der Waals surface area contributed by atoms with Crippen molar-refractivity contribution in [1.29, 1.82) is 0 Å². The van der Waals surface area contributed by atoms with Gasteiger partial charge in [-0.2, -0.15) is 0 Å². The first kappa shape index (κ1) is 11.6. The Balaban J connectivity index is 2.02.